The highest BCUT2D eigenvalue weighted by molar-refractivity contribution is 7.91. The second-order valence-electron chi connectivity index (χ2n) is 11.7. The Morgan fingerprint density at radius 2 is 1.76 bits per heavy atom. The number of nitro benzene ring substituents is 1. The molecule has 2 aromatic rings. The summed E-state index contributed by atoms with van der Waals surface area (Å²) in [5.74, 6) is -2.40. The lowest BCUT2D eigenvalue weighted by atomic mass is 9.75. The number of carbonyl (C=O) groups excluding carboxylic acids is 4. The molecule has 0 saturated carbocycles. The monoisotopic (exact) mass is 658 g/mol. The molecule has 2 heterocycles. The quantitative estimate of drug-likeness (QED) is 0.145. The lowest BCUT2D eigenvalue weighted by Crippen LogP contribution is -2.64. The molecule has 2 aromatic carbocycles. The highest BCUT2D eigenvalue weighted by atomic mass is 32.2. The Morgan fingerprint density at radius 3 is 2.37 bits per heavy atom. The van der Waals surface area contributed by atoms with Crippen molar-refractivity contribution in [3.63, 3.8) is 0 Å². The molecule has 0 aliphatic carbocycles. The maximum absolute atomic E-state index is 13.6. The summed E-state index contributed by atoms with van der Waals surface area (Å²) >= 11 is 0. The summed E-state index contributed by atoms with van der Waals surface area (Å²) in [5.41, 5.74) is 0.559. The number of methoxy groups -OCH3 is 1. The number of nitro groups is 1. The first kappa shape index (κ1) is 34.3. The largest absolute Gasteiger partial charge is 0.468 e. The normalized spacial score (nSPS) is 20.2. The third-order valence-corrected chi connectivity index (χ3v) is 9.87. The van der Waals surface area contributed by atoms with Gasteiger partial charge in [0.25, 0.3) is 5.69 Å². The van der Waals surface area contributed by atoms with Crippen molar-refractivity contribution in [1.82, 2.24) is 15.1 Å². The highest BCUT2D eigenvalue weighted by Crippen LogP contribution is 2.43. The minimum absolute atomic E-state index is 0.103. The van der Waals surface area contributed by atoms with Crippen LogP contribution in [0.1, 0.15) is 44.7 Å². The molecule has 1 N–H and O–H groups in total. The Balaban J connectivity index is 1.42. The fraction of sp³-hybridized carbons (Fsp3) is 0.484. The van der Waals surface area contributed by atoms with Crippen molar-refractivity contribution in [2.24, 2.45) is 11.8 Å². The van der Waals surface area contributed by atoms with E-state index in [1.165, 1.54) is 16.9 Å². The van der Waals surface area contributed by atoms with Crippen molar-refractivity contribution in [3.8, 4) is 0 Å². The van der Waals surface area contributed by atoms with Crippen LogP contribution in [0, 0.1) is 22.0 Å². The summed E-state index contributed by atoms with van der Waals surface area (Å²) in [5, 5.41) is 13.9. The molecule has 46 heavy (non-hydrogen) atoms. The van der Waals surface area contributed by atoms with Crippen molar-refractivity contribution >= 4 is 39.4 Å². The van der Waals surface area contributed by atoms with Crippen LogP contribution in [0.25, 0.3) is 0 Å². The van der Waals surface area contributed by atoms with Crippen molar-refractivity contribution < 1.29 is 42.0 Å². The van der Waals surface area contributed by atoms with E-state index in [1.807, 2.05) is 44.2 Å². The van der Waals surface area contributed by atoms with Crippen LogP contribution >= 0.6 is 0 Å². The molecule has 3 amide bonds. The predicted molar refractivity (Wildman–Crippen MR) is 164 cm³/mol. The summed E-state index contributed by atoms with van der Waals surface area (Å²) in [6.07, 6.45) is 0.495. The number of hydrogen-bond acceptors (Lipinski definition) is 10. The molecular formula is C31H38N4O10S. The van der Waals surface area contributed by atoms with Crippen LogP contribution in [0.4, 0.5) is 10.5 Å². The van der Waals surface area contributed by atoms with E-state index in [9.17, 15) is 37.7 Å². The number of non-ortho nitro benzene ring substituents is 1. The van der Waals surface area contributed by atoms with Gasteiger partial charge in [-0.25, -0.2) is 13.2 Å². The SMILES string of the molecule is COC(=O)CN1C(=O)[C@H]([C@H](CC(C)C)NC(=O)[C@@H]2CCCN2C(=O)OCCS(=O)(=O)c2ccc([N+](=O)[O-])cc2)[C@H]1c1ccccc1. The van der Waals surface area contributed by atoms with Crippen molar-refractivity contribution in [2.75, 3.05) is 32.6 Å². The van der Waals surface area contributed by atoms with E-state index in [-0.39, 0.29) is 35.5 Å². The fourth-order valence-corrected chi connectivity index (χ4v) is 7.03. The van der Waals surface area contributed by atoms with E-state index in [4.69, 9.17) is 9.47 Å². The summed E-state index contributed by atoms with van der Waals surface area (Å²) < 4.78 is 35.3. The van der Waals surface area contributed by atoms with Crippen LogP contribution in [-0.2, 0) is 33.7 Å². The van der Waals surface area contributed by atoms with E-state index in [2.05, 4.69) is 5.32 Å². The number of benzene rings is 2. The molecule has 248 valence electrons. The number of sulfone groups is 1. The van der Waals surface area contributed by atoms with Gasteiger partial charge in [0, 0.05) is 24.7 Å². The summed E-state index contributed by atoms with van der Waals surface area (Å²) in [6.45, 7) is 3.45. The zero-order valence-electron chi connectivity index (χ0n) is 25.9. The molecule has 2 aliphatic rings. The molecule has 2 aliphatic heterocycles. The Bertz CT molecular complexity index is 1550. The molecule has 14 nitrogen and oxygen atoms in total. The highest BCUT2D eigenvalue weighted by Gasteiger charge is 2.53. The van der Waals surface area contributed by atoms with Gasteiger partial charge in [-0.3, -0.25) is 29.4 Å². The molecule has 4 atom stereocenters. The van der Waals surface area contributed by atoms with E-state index in [0.29, 0.717) is 19.3 Å². The Morgan fingerprint density at radius 1 is 1.09 bits per heavy atom. The van der Waals surface area contributed by atoms with Gasteiger partial charge in [-0.15, -0.1) is 0 Å². The van der Waals surface area contributed by atoms with Gasteiger partial charge in [0.05, 0.1) is 34.6 Å². The second kappa shape index (κ2) is 14.7. The standard InChI is InChI=1S/C31H38N4O10S/c1-20(2)18-24(27-28(21-8-5-4-6-9-21)34(30(27)38)19-26(36)44-3)32-29(37)25-10-7-15-33(25)31(39)45-16-17-46(42,43)23-13-11-22(12-14-23)35(40)41/h4-6,8-9,11-14,20,24-25,27-28H,7,10,15-19H2,1-3H3,(H,32,37)/t24-,25-,27+,28+/m0/s1. The third-order valence-electron chi connectivity index (χ3n) is 8.17. The van der Waals surface area contributed by atoms with Gasteiger partial charge in [0.15, 0.2) is 9.84 Å². The molecule has 0 radical (unpaired) electrons. The van der Waals surface area contributed by atoms with Crippen LogP contribution in [0.15, 0.2) is 59.5 Å². The lowest BCUT2D eigenvalue weighted by molar-refractivity contribution is -0.384. The topological polar surface area (TPSA) is 183 Å². The number of nitrogens with one attached hydrogen (secondary N) is 1. The van der Waals surface area contributed by atoms with Crippen LogP contribution in [0.3, 0.4) is 0 Å². The van der Waals surface area contributed by atoms with Crippen LogP contribution in [-0.4, -0.2) is 91.7 Å². The van der Waals surface area contributed by atoms with Crippen LogP contribution in [0.5, 0.6) is 0 Å². The minimum Gasteiger partial charge on any atom is -0.468 e. The Labute approximate surface area is 267 Å². The van der Waals surface area contributed by atoms with Gasteiger partial charge >= 0.3 is 12.1 Å². The number of esters is 1. The summed E-state index contributed by atoms with van der Waals surface area (Å²) in [7, 11) is -2.65. The number of rotatable bonds is 13. The van der Waals surface area contributed by atoms with E-state index < -0.39 is 69.1 Å². The van der Waals surface area contributed by atoms with Crippen LogP contribution < -0.4 is 5.32 Å². The molecule has 0 bridgehead atoms. The average Bonchev–Trinajstić information content (AvgIpc) is 3.52. The zero-order chi connectivity index (χ0) is 33.6. The van der Waals surface area contributed by atoms with Crippen molar-refractivity contribution in [1.29, 1.82) is 0 Å². The molecule has 0 spiro atoms. The van der Waals surface area contributed by atoms with Gasteiger partial charge < -0.3 is 19.7 Å². The first-order chi connectivity index (χ1) is 21.8. The molecular weight excluding hydrogens is 620 g/mol. The van der Waals surface area contributed by atoms with Gasteiger partial charge in [-0.2, -0.15) is 0 Å². The predicted octanol–water partition coefficient (Wildman–Crippen LogP) is 2.87. The number of nitrogens with zero attached hydrogens (tertiary/aromatic N) is 3. The lowest BCUT2D eigenvalue weighted by Gasteiger charge is -2.50. The first-order valence-corrected chi connectivity index (χ1v) is 16.6. The molecule has 2 fully saturated rings. The Hall–Kier alpha value is -4.53. The number of likely N-dealkylation sites (tertiary alicyclic amines) is 2. The smallest absolute Gasteiger partial charge is 0.410 e. The summed E-state index contributed by atoms with van der Waals surface area (Å²) in [6, 6.07) is 11.7. The number of carbonyl (C=O) groups is 4. The van der Waals surface area contributed by atoms with Crippen LogP contribution in [0.2, 0.25) is 0 Å². The molecule has 0 aromatic heterocycles. The fourth-order valence-electron chi connectivity index (χ4n) is 5.94. The molecule has 4 rings (SSSR count). The number of β-lactam (4-membered cyclic amide) rings is 1. The number of ether oxygens (including phenoxy) is 2. The minimum atomic E-state index is -3.90. The number of amides is 3. The van der Waals surface area contributed by atoms with E-state index in [0.717, 1.165) is 29.8 Å². The maximum atomic E-state index is 13.6. The van der Waals surface area contributed by atoms with Crippen molar-refractivity contribution in [2.45, 2.75) is 56.1 Å². The van der Waals surface area contributed by atoms with E-state index in [1.54, 1.807) is 0 Å². The Kier molecular flexibility index (Phi) is 11.0. The first-order valence-electron chi connectivity index (χ1n) is 15.0. The summed E-state index contributed by atoms with van der Waals surface area (Å²) in [4.78, 5) is 64.9. The maximum Gasteiger partial charge on any atom is 0.410 e. The average molecular weight is 659 g/mol. The van der Waals surface area contributed by atoms with Gasteiger partial charge in [0.1, 0.15) is 19.2 Å². The molecule has 0 unspecified atom stereocenters. The number of hydrogen-bond donors (Lipinski definition) is 1. The molecule has 15 heteroatoms. The van der Waals surface area contributed by atoms with Gasteiger partial charge in [-0.05, 0) is 42.9 Å². The zero-order valence-corrected chi connectivity index (χ0v) is 26.7. The van der Waals surface area contributed by atoms with Gasteiger partial charge in [0.2, 0.25) is 11.8 Å². The molecule has 2 saturated heterocycles. The van der Waals surface area contributed by atoms with Crippen molar-refractivity contribution in [3.05, 3.63) is 70.3 Å². The third kappa shape index (κ3) is 7.81. The van der Waals surface area contributed by atoms with Gasteiger partial charge in [-0.1, -0.05) is 44.2 Å². The van der Waals surface area contributed by atoms with E-state index >= 15 is 0 Å². The second-order valence-corrected chi connectivity index (χ2v) is 13.8.